The van der Waals surface area contributed by atoms with Gasteiger partial charge in [-0.25, -0.2) is 0 Å². The van der Waals surface area contributed by atoms with Crippen LogP contribution in [0.25, 0.3) is 0 Å². The molecule has 2 heterocycles. The summed E-state index contributed by atoms with van der Waals surface area (Å²) in [5.41, 5.74) is 0. The standard InChI is InChI=1S/C11H19N3O2/c1-2-9-10(15)13-6-7-14(9)11(16)8-4-3-5-12-8/h8-9,12H,2-7H2,1H3,(H,13,15)/t8-,9?/m0/s1. The Morgan fingerprint density at radius 2 is 2.31 bits per heavy atom. The summed E-state index contributed by atoms with van der Waals surface area (Å²) in [6.45, 7) is 4.07. The van der Waals surface area contributed by atoms with Gasteiger partial charge in [0, 0.05) is 13.1 Å². The summed E-state index contributed by atoms with van der Waals surface area (Å²) >= 11 is 0. The summed E-state index contributed by atoms with van der Waals surface area (Å²) in [7, 11) is 0. The van der Waals surface area contributed by atoms with Crippen molar-refractivity contribution in [1.82, 2.24) is 15.5 Å². The molecule has 5 nitrogen and oxygen atoms in total. The lowest BCUT2D eigenvalue weighted by Gasteiger charge is -2.36. The van der Waals surface area contributed by atoms with E-state index in [9.17, 15) is 9.59 Å². The van der Waals surface area contributed by atoms with E-state index in [0.29, 0.717) is 19.5 Å². The molecule has 2 amide bonds. The van der Waals surface area contributed by atoms with Gasteiger partial charge in [0.15, 0.2) is 0 Å². The highest BCUT2D eigenvalue weighted by Crippen LogP contribution is 2.14. The first kappa shape index (κ1) is 11.4. The number of hydrogen-bond donors (Lipinski definition) is 2. The van der Waals surface area contributed by atoms with Crippen molar-refractivity contribution in [2.24, 2.45) is 0 Å². The van der Waals surface area contributed by atoms with Gasteiger partial charge in [0.1, 0.15) is 6.04 Å². The average molecular weight is 225 g/mol. The van der Waals surface area contributed by atoms with Gasteiger partial charge < -0.3 is 15.5 Å². The molecule has 0 spiro atoms. The summed E-state index contributed by atoms with van der Waals surface area (Å²) in [6.07, 6.45) is 2.63. The van der Waals surface area contributed by atoms with Gasteiger partial charge in [-0.3, -0.25) is 9.59 Å². The molecule has 1 unspecified atom stereocenters. The molecule has 2 N–H and O–H groups in total. The first-order valence-corrected chi connectivity index (χ1v) is 6.05. The van der Waals surface area contributed by atoms with Crippen LogP contribution in [0, 0.1) is 0 Å². The maximum atomic E-state index is 12.2. The van der Waals surface area contributed by atoms with E-state index in [1.807, 2.05) is 6.92 Å². The average Bonchev–Trinajstić information content (AvgIpc) is 2.81. The first-order chi connectivity index (χ1) is 7.74. The van der Waals surface area contributed by atoms with Gasteiger partial charge in [-0.2, -0.15) is 0 Å². The maximum Gasteiger partial charge on any atom is 0.242 e. The van der Waals surface area contributed by atoms with Crippen molar-refractivity contribution in [3.8, 4) is 0 Å². The van der Waals surface area contributed by atoms with Crippen molar-refractivity contribution in [1.29, 1.82) is 0 Å². The lowest BCUT2D eigenvalue weighted by atomic mass is 10.1. The Morgan fingerprint density at radius 1 is 1.50 bits per heavy atom. The Labute approximate surface area is 95.6 Å². The maximum absolute atomic E-state index is 12.2. The molecule has 2 saturated heterocycles. The Hall–Kier alpha value is -1.10. The van der Waals surface area contributed by atoms with E-state index in [1.165, 1.54) is 0 Å². The van der Waals surface area contributed by atoms with Crippen LogP contribution in [0.4, 0.5) is 0 Å². The molecule has 2 atom stereocenters. The molecule has 0 aromatic rings. The highest BCUT2D eigenvalue weighted by Gasteiger charge is 2.35. The molecule has 2 aliphatic heterocycles. The third kappa shape index (κ3) is 2.04. The summed E-state index contributed by atoms with van der Waals surface area (Å²) in [6, 6.07) is -0.344. The fraction of sp³-hybridized carbons (Fsp3) is 0.818. The quantitative estimate of drug-likeness (QED) is 0.664. The fourth-order valence-electron chi connectivity index (χ4n) is 2.48. The molecule has 0 aromatic carbocycles. The van der Waals surface area contributed by atoms with E-state index < -0.39 is 0 Å². The molecule has 0 saturated carbocycles. The van der Waals surface area contributed by atoms with Gasteiger partial charge in [-0.15, -0.1) is 0 Å². The molecule has 16 heavy (non-hydrogen) atoms. The summed E-state index contributed by atoms with van der Waals surface area (Å²) in [5, 5.41) is 6.00. The number of amides is 2. The summed E-state index contributed by atoms with van der Waals surface area (Å²) in [4.78, 5) is 25.6. The highest BCUT2D eigenvalue weighted by molar-refractivity contribution is 5.90. The molecule has 0 aromatic heterocycles. The van der Waals surface area contributed by atoms with Gasteiger partial charge in [0.25, 0.3) is 0 Å². The third-order valence-electron chi connectivity index (χ3n) is 3.36. The Balaban J connectivity index is 2.05. The highest BCUT2D eigenvalue weighted by atomic mass is 16.2. The molecule has 0 radical (unpaired) electrons. The fourth-order valence-corrected chi connectivity index (χ4v) is 2.48. The zero-order valence-electron chi connectivity index (χ0n) is 9.66. The summed E-state index contributed by atoms with van der Waals surface area (Å²) < 4.78 is 0. The molecule has 2 rings (SSSR count). The van der Waals surface area contributed by atoms with Gasteiger partial charge in [-0.05, 0) is 25.8 Å². The topological polar surface area (TPSA) is 61.4 Å². The van der Waals surface area contributed by atoms with E-state index >= 15 is 0 Å². The normalized spacial score (nSPS) is 30.3. The van der Waals surface area contributed by atoms with Crippen LogP contribution < -0.4 is 10.6 Å². The number of carbonyl (C=O) groups is 2. The van der Waals surface area contributed by atoms with E-state index in [2.05, 4.69) is 10.6 Å². The predicted octanol–water partition coefficient (Wildman–Crippen LogP) is -0.525. The van der Waals surface area contributed by atoms with Crippen molar-refractivity contribution in [2.45, 2.75) is 38.3 Å². The van der Waals surface area contributed by atoms with Crippen molar-refractivity contribution in [2.75, 3.05) is 19.6 Å². The lowest BCUT2D eigenvalue weighted by Crippen LogP contribution is -2.59. The van der Waals surface area contributed by atoms with Crippen LogP contribution in [-0.2, 0) is 9.59 Å². The number of rotatable bonds is 2. The zero-order chi connectivity index (χ0) is 11.5. The summed E-state index contributed by atoms with van der Waals surface area (Å²) in [5.74, 6) is 0.0827. The van der Waals surface area contributed by atoms with Gasteiger partial charge in [0.05, 0.1) is 6.04 Å². The largest absolute Gasteiger partial charge is 0.353 e. The van der Waals surface area contributed by atoms with Crippen molar-refractivity contribution in [3.05, 3.63) is 0 Å². The van der Waals surface area contributed by atoms with Crippen molar-refractivity contribution in [3.63, 3.8) is 0 Å². The third-order valence-corrected chi connectivity index (χ3v) is 3.36. The van der Waals surface area contributed by atoms with Crippen LogP contribution in [0.15, 0.2) is 0 Å². The zero-order valence-corrected chi connectivity index (χ0v) is 9.66. The number of nitrogens with zero attached hydrogens (tertiary/aromatic N) is 1. The van der Waals surface area contributed by atoms with E-state index in [1.54, 1.807) is 4.90 Å². The lowest BCUT2D eigenvalue weighted by molar-refractivity contribution is -0.144. The van der Waals surface area contributed by atoms with Crippen LogP contribution in [0.3, 0.4) is 0 Å². The molecule has 0 bridgehead atoms. The van der Waals surface area contributed by atoms with Gasteiger partial charge in [0.2, 0.25) is 11.8 Å². The molecular formula is C11H19N3O2. The Morgan fingerprint density at radius 3 is 2.94 bits per heavy atom. The first-order valence-electron chi connectivity index (χ1n) is 6.05. The van der Waals surface area contributed by atoms with Crippen molar-refractivity contribution >= 4 is 11.8 Å². The molecule has 0 aliphatic carbocycles. The molecule has 5 heteroatoms. The predicted molar refractivity (Wildman–Crippen MR) is 59.8 cm³/mol. The second-order valence-electron chi connectivity index (χ2n) is 4.40. The number of piperazine rings is 1. The van der Waals surface area contributed by atoms with E-state index in [-0.39, 0.29) is 23.9 Å². The van der Waals surface area contributed by atoms with Crippen molar-refractivity contribution < 1.29 is 9.59 Å². The molecular weight excluding hydrogens is 206 g/mol. The second-order valence-corrected chi connectivity index (χ2v) is 4.40. The number of carbonyl (C=O) groups excluding carboxylic acids is 2. The SMILES string of the molecule is CCC1C(=O)NCCN1C(=O)[C@@H]1CCCN1. The van der Waals surface area contributed by atoms with E-state index in [4.69, 9.17) is 0 Å². The minimum absolute atomic E-state index is 0.0138. The van der Waals surface area contributed by atoms with Crippen LogP contribution in [-0.4, -0.2) is 48.4 Å². The molecule has 2 aliphatic rings. The molecule has 2 fully saturated rings. The monoisotopic (exact) mass is 225 g/mol. The minimum Gasteiger partial charge on any atom is -0.353 e. The second kappa shape index (κ2) is 4.82. The minimum atomic E-state index is -0.274. The number of nitrogens with one attached hydrogen (secondary N) is 2. The van der Waals surface area contributed by atoms with Crippen LogP contribution >= 0.6 is 0 Å². The Bertz CT molecular complexity index is 287. The Kier molecular flexibility index (Phi) is 3.43. The van der Waals surface area contributed by atoms with Crippen LogP contribution in [0.1, 0.15) is 26.2 Å². The smallest absolute Gasteiger partial charge is 0.242 e. The van der Waals surface area contributed by atoms with Crippen LogP contribution in [0.2, 0.25) is 0 Å². The number of hydrogen-bond acceptors (Lipinski definition) is 3. The molecule has 90 valence electrons. The van der Waals surface area contributed by atoms with Crippen LogP contribution in [0.5, 0.6) is 0 Å². The van der Waals surface area contributed by atoms with E-state index in [0.717, 1.165) is 19.4 Å². The van der Waals surface area contributed by atoms with Gasteiger partial charge in [-0.1, -0.05) is 6.92 Å². The van der Waals surface area contributed by atoms with Gasteiger partial charge >= 0.3 is 0 Å².